The molecule has 1 aromatic rings. The van der Waals surface area contributed by atoms with E-state index < -0.39 is 0 Å². The van der Waals surface area contributed by atoms with Crippen molar-refractivity contribution >= 4 is 43.2 Å². The van der Waals surface area contributed by atoms with E-state index in [2.05, 4.69) is 50.2 Å². The van der Waals surface area contributed by atoms with Gasteiger partial charge in [0, 0.05) is 15.4 Å². The fraction of sp³-hybridized carbons (Fsp3) is 0.714. The van der Waals surface area contributed by atoms with Gasteiger partial charge in [-0.25, -0.2) is 0 Å². The van der Waals surface area contributed by atoms with Gasteiger partial charge in [0.05, 0.1) is 3.79 Å². The van der Waals surface area contributed by atoms with Crippen LogP contribution in [0.25, 0.3) is 0 Å². The molecule has 1 atom stereocenters. The zero-order valence-corrected chi connectivity index (χ0v) is 14.8. The summed E-state index contributed by atoms with van der Waals surface area (Å²) in [4.78, 5) is 1.48. The first-order valence-corrected chi connectivity index (χ1v) is 9.30. The molecule has 102 valence electrons. The average Bonchev–Trinajstić information content (AvgIpc) is 2.71. The minimum Gasteiger partial charge on any atom is -0.309 e. The van der Waals surface area contributed by atoms with E-state index in [1.54, 1.807) is 0 Å². The van der Waals surface area contributed by atoms with E-state index in [0.717, 1.165) is 12.5 Å². The maximum Gasteiger partial charge on any atom is 0.0843 e. The van der Waals surface area contributed by atoms with E-state index in [0.29, 0.717) is 6.04 Å². The van der Waals surface area contributed by atoms with E-state index >= 15 is 0 Å². The van der Waals surface area contributed by atoms with Crippen LogP contribution in [-0.4, -0.2) is 6.54 Å². The molecule has 2 rings (SSSR count). The highest BCUT2D eigenvalue weighted by molar-refractivity contribution is 9.13. The Labute approximate surface area is 131 Å². The lowest BCUT2D eigenvalue weighted by atomic mass is 9.83. The molecule has 1 heterocycles. The van der Waals surface area contributed by atoms with Crippen molar-refractivity contribution in [3.63, 3.8) is 0 Å². The van der Waals surface area contributed by atoms with Gasteiger partial charge in [-0.2, -0.15) is 0 Å². The van der Waals surface area contributed by atoms with Crippen molar-refractivity contribution in [3.05, 3.63) is 19.2 Å². The van der Waals surface area contributed by atoms with Gasteiger partial charge in [-0.15, -0.1) is 11.3 Å². The third kappa shape index (κ3) is 3.81. The molecule has 1 fully saturated rings. The molecule has 0 aromatic carbocycles. The van der Waals surface area contributed by atoms with Gasteiger partial charge in [-0.1, -0.05) is 26.2 Å². The maximum absolute atomic E-state index is 3.76. The predicted octanol–water partition coefficient (Wildman–Crippen LogP) is 5.89. The topological polar surface area (TPSA) is 12.0 Å². The summed E-state index contributed by atoms with van der Waals surface area (Å²) in [6.45, 7) is 3.36. The number of rotatable bonds is 5. The first-order chi connectivity index (χ1) is 8.72. The maximum atomic E-state index is 3.76. The van der Waals surface area contributed by atoms with Crippen LogP contribution in [0.4, 0.5) is 0 Å². The predicted molar refractivity (Wildman–Crippen MR) is 87.3 cm³/mol. The molecule has 1 nitrogen and oxygen atoms in total. The molecule has 0 radical (unpaired) electrons. The summed E-state index contributed by atoms with van der Waals surface area (Å²) >= 11 is 9.11. The molecule has 0 amide bonds. The van der Waals surface area contributed by atoms with Gasteiger partial charge in [0.2, 0.25) is 0 Å². The Morgan fingerprint density at radius 3 is 2.61 bits per heavy atom. The molecule has 4 heteroatoms. The number of nitrogens with one attached hydrogen (secondary N) is 1. The number of hydrogen-bond donors (Lipinski definition) is 1. The van der Waals surface area contributed by atoms with Crippen LogP contribution >= 0.6 is 43.2 Å². The summed E-state index contributed by atoms with van der Waals surface area (Å²) < 4.78 is 2.42. The first kappa shape index (κ1) is 15.0. The Balaban J connectivity index is 2.12. The van der Waals surface area contributed by atoms with E-state index in [4.69, 9.17) is 0 Å². The Kier molecular flexibility index (Phi) is 6.19. The van der Waals surface area contributed by atoms with Crippen LogP contribution in [0.5, 0.6) is 0 Å². The van der Waals surface area contributed by atoms with Crippen molar-refractivity contribution in [1.29, 1.82) is 0 Å². The van der Waals surface area contributed by atoms with E-state index in [1.165, 1.54) is 51.7 Å². The lowest BCUT2D eigenvalue weighted by Crippen LogP contribution is -2.29. The normalized spacial score (nSPS) is 19.1. The Morgan fingerprint density at radius 1 is 1.33 bits per heavy atom. The van der Waals surface area contributed by atoms with Crippen LogP contribution in [-0.2, 0) is 0 Å². The second kappa shape index (κ2) is 7.41. The summed E-state index contributed by atoms with van der Waals surface area (Å²) in [6.07, 6.45) is 8.21. The fourth-order valence-corrected chi connectivity index (χ4v) is 5.04. The van der Waals surface area contributed by atoms with Gasteiger partial charge >= 0.3 is 0 Å². The third-order valence-electron chi connectivity index (χ3n) is 3.71. The molecule has 18 heavy (non-hydrogen) atoms. The van der Waals surface area contributed by atoms with Crippen LogP contribution < -0.4 is 5.32 Å². The summed E-state index contributed by atoms with van der Waals surface area (Å²) in [5, 5.41) is 3.76. The number of halogens is 2. The van der Waals surface area contributed by atoms with Gasteiger partial charge in [0.15, 0.2) is 0 Å². The lowest BCUT2D eigenvalue weighted by molar-refractivity contribution is 0.275. The van der Waals surface area contributed by atoms with Crippen molar-refractivity contribution in [1.82, 2.24) is 5.32 Å². The van der Waals surface area contributed by atoms with Crippen molar-refractivity contribution in [2.24, 2.45) is 5.92 Å². The summed E-state index contributed by atoms with van der Waals surface area (Å²) in [7, 11) is 0. The molecule has 1 N–H and O–H groups in total. The molecule has 0 bridgehead atoms. The van der Waals surface area contributed by atoms with Gasteiger partial charge < -0.3 is 5.32 Å². The summed E-state index contributed by atoms with van der Waals surface area (Å²) in [5.74, 6) is 0.822. The zero-order chi connectivity index (χ0) is 13.0. The molecular weight excluding hydrogens is 374 g/mol. The molecule has 1 aliphatic rings. The molecule has 0 aliphatic heterocycles. The monoisotopic (exact) mass is 393 g/mol. The smallest absolute Gasteiger partial charge is 0.0843 e. The van der Waals surface area contributed by atoms with Crippen molar-refractivity contribution < 1.29 is 0 Å². The summed E-state index contributed by atoms with van der Waals surface area (Å²) in [6, 6.07) is 2.84. The van der Waals surface area contributed by atoms with Crippen LogP contribution in [0.3, 0.4) is 0 Å². The molecule has 1 aliphatic carbocycles. The van der Waals surface area contributed by atoms with E-state index in [9.17, 15) is 0 Å². The first-order valence-electron chi connectivity index (χ1n) is 6.90. The van der Waals surface area contributed by atoms with Crippen LogP contribution in [0.2, 0.25) is 0 Å². The zero-order valence-electron chi connectivity index (χ0n) is 10.8. The lowest BCUT2D eigenvalue weighted by Gasteiger charge is -2.30. The summed E-state index contributed by atoms with van der Waals surface area (Å²) in [5.41, 5.74) is 0. The second-order valence-electron chi connectivity index (χ2n) is 5.10. The Bertz CT molecular complexity index is 352. The Hall–Kier alpha value is 0.620. The Morgan fingerprint density at radius 2 is 2.06 bits per heavy atom. The molecule has 0 spiro atoms. The van der Waals surface area contributed by atoms with Crippen molar-refractivity contribution in [2.45, 2.75) is 51.5 Å². The molecule has 0 saturated heterocycles. The SMILES string of the molecule is CCCNC(c1cc(Br)c(Br)s1)C1CCCCC1. The highest BCUT2D eigenvalue weighted by atomic mass is 79.9. The van der Waals surface area contributed by atoms with Crippen molar-refractivity contribution in [2.75, 3.05) is 6.54 Å². The molecule has 1 saturated carbocycles. The quantitative estimate of drug-likeness (QED) is 0.655. The van der Waals surface area contributed by atoms with Crippen LogP contribution in [0.1, 0.15) is 56.4 Å². The standard InChI is InChI=1S/C14H21Br2NS/c1-2-8-17-13(10-6-4-3-5-7-10)12-9-11(15)14(16)18-12/h9-10,13,17H,2-8H2,1H3. The average molecular weight is 395 g/mol. The van der Waals surface area contributed by atoms with Crippen molar-refractivity contribution in [3.8, 4) is 0 Å². The minimum absolute atomic E-state index is 0.554. The van der Waals surface area contributed by atoms with Gasteiger partial charge in [-0.3, -0.25) is 0 Å². The fourth-order valence-electron chi connectivity index (χ4n) is 2.78. The molecular formula is C14H21Br2NS. The number of thiophene rings is 1. The van der Waals surface area contributed by atoms with Gasteiger partial charge in [0.1, 0.15) is 0 Å². The number of hydrogen-bond acceptors (Lipinski definition) is 2. The highest BCUT2D eigenvalue weighted by Crippen LogP contribution is 2.41. The molecule has 1 aromatic heterocycles. The third-order valence-corrected chi connectivity index (χ3v) is 7.05. The van der Waals surface area contributed by atoms with Crippen LogP contribution in [0, 0.1) is 5.92 Å². The minimum atomic E-state index is 0.554. The van der Waals surface area contributed by atoms with Crippen LogP contribution in [0.15, 0.2) is 14.3 Å². The highest BCUT2D eigenvalue weighted by Gasteiger charge is 2.26. The van der Waals surface area contributed by atoms with E-state index in [1.807, 2.05) is 11.3 Å². The molecule has 1 unspecified atom stereocenters. The van der Waals surface area contributed by atoms with Gasteiger partial charge in [0.25, 0.3) is 0 Å². The second-order valence-corrected chi connectivity index (χ2v) is 8.36. The van der Waals surface area contributed by atoms with E-state index in [-0.39, 0.29) is 0 Å². The van der Waals surface area contributed by atoms with Gasteiger partial charge in [-0.05, 0) is 69.7 Å². The largest absolute Gasteiger partial charge is 0.309 e.